The summed E-state index contributed by atoms with van der Waals surface area (Å²) in [6.45, 7) is 8.68. The van der Waals surface area contributed by atoms with E-state index in [0.717, 1.165) is 17.7 Å². The predicted octanol–water partition coefficient (Wildman–Crippen LogP) is 5.25. The Kier molecular flexibility index (Phi) is 6.89. The third-order valence-corrected chi connectivity index (χ3v) is 4.21. The zero-order valence-electron chi connectivity index (χ0n) is 16.4. The Morgan fingerprint density at radius 2 is 1.64 bits per heavy atom. The van der Waals surface area contributed by atoms with Crippen molar-refractivity contribution >= 4 is 11.8 Å². The van der Waals surface area contributed by atoms with Crippen LogP contribution in [-0.2, 0) is 6.42 Å². The Morgan fingerprint density at radius 1 is 1.04 bits per heavy atom. The number of hydrogen-bond acceptors (Lipinski definition) is 3. The second-order valence-corrected chi connectivity index (χ2v) is 7.45. The van der Waals surface area contributed by atoms with Crippen molar-refractivity contribution < 1.29 is 28.2 Å². The zero-order valence-corrected chi connectivity index (χ0v) is 16.4. The summed E-state index contributed by atoms with van der Waals surface area (Å²) in [5.74, 6) is -3.51. The highest BCUT2D eigenvalue weighted by Gasteiger charge is 2.20. The van der Waals surface area contributed by atoms with Crippen LogP contribution >= 0.6 is 0 Å². The van der Waals surface area contributed by atoms with Gasteiger partial charge >= 0.3 is 5.97 Å². The molecule has 0 saturated carbocycles. The summed E-state index contributed by atoms with van der Waals surface area (Å²) in [5, 5.41) is 8.82. The number of aromatic carboxylic acids is 1. The Balaban J connectivity index is 2.28. The van der Waals surface area contributed by atoms with E-state index in [-0.39, 0.29) is 17.9 Å². The summed E-state index contributed by atoms with van der Waals surface area (Å²) in [4.78, 5) is 23.3. The minimum atomic E-state index is -1.72. The summed E-state index contributed by atoms with van der Waals surface area (Å²) >= 11 is 0. The number of ketones is 1. The average molecular weight is 390 g/mol. The highest BCUT2D eigenvalue weighted by Crippen LogP contribution is 2.29. The van der Waals surface area contributed by atoms with Crippen LogP contribution in [0.25, 0.3) is 0 Å². The molecule has 0 aromatic heterocycles. The van der Waals surface area contributed by atoms with Gasteiger partial charge in [0.15, 0.2) is 5.78 Å². The van der Waals surface area contributed by atoms with Crippen molar-refractivity contribution in [2.45, 2.75) is 40.0 Å². The molecule has 150 valence electrons. The molecule has 0 saturated heterocycles. The maximum absolute atomic E-state index is 13.8. The quantitative estimate of drug-likeness (QED) is 0.626. The number of ether oxygens (including phenoxy) is 1. The van der Waals surface area contributed by atoms with Crippen LogP contribution in [0.15, 0.2) is 30.3 Å². The van der Waals surface area contributed by atoms with Gasteiger partial charge in [0.1, 0.15) is 22.9 Å². The number of carboxylic acids is 1. The third-order valence-electron chi connectivity index (χ3n) is 4.21. The minimum Gasteiger partial charge on any atom is -0.493 e. The molecule has 0 bridgehead atoms. The highest BCUT2D eigenvalue weighted by molar-refractivity contribution is 5.98. The van der Waals surface area contributed by atoms with Gasteiger partial charge in [0.05, 0.1) is 6.61 Å². The van der Waals surface area contributed by atoms with Gasteiger partial charge in [-0.1, -0.05) is 39.8 Å². The van der Waals surface area contributed by atoms with Crippen molar-refractivity contribution in [1.29, 1.82) is 0 Å². The molecule has 0 unspecified atom stereocenters. The summed E-state index contributed by atoms with van der Waals surface area (Å²) in [6.07, 6.45) is -0.0816. The second kappa shape index (κ2) is 8.95. The van der Waals surface area contributed by atoms with E-state index in [0.29, 0.717) is 23.8 Å². The average Bonchev–Trinajstić information content (AvgIpc) is 2.58. The van der Waals surface area contributed by atoms with Crippen molar-refractivity contribution in [2.24, 2.45) is 5.92 Å². The van der Waals surface area contributed by atoms with Crippen LogP contribution in [0, 0.1) is 17.6 Å². The van der Waals surface area contributed by atoms with Crippen LogP contribution in [0.1, 0.15) is 65.5 Å². The van der Waals surface area contributed by atoms with Gasteiger partial charge in [-0.05, 0) is 41.2 Å². The van der Waals surface area contributed by atoms with Crippen molar-refractivity contribution in [2.75, 3.05) is 6.61 Å². The molecule has 6 heteroatoms. The molecule has 0 aliphatic rings. The first-order valence-corrected chi connectivity index (χ1v) is 9.11. The topological polar surface area (TPSA) is 63.6 Å². The Morgan fingerprint density at radius 3 is 2.14 bits per heavy atom. The Hall–Kier alpha value is -2.76. The van der Waals surface area contributed by atoms with E-state index >= 15 is 0 Å². The van der Waals surface area contributed by atoms with Gasteiger partial charge in [0.2, 0.25) is 0 Å². The zero-order chi connectivity index (χ0) is 21.0. The van der Waals surface area contributed by atoms with Gasteiger partial charge in [-0.15, -0.1) is 0 Å². The maximum Gasteiger partial charge on any atom is 0.341 e. The van der Waals surface area contributed by atoms with Crippen LogP contribution in [0.3, 0.4) is 0 Å². The molecule has 28 heavy (non-hydrogen) atoms. The van der Waals surface area contributed by atoms with E-state index in [1.807, 2.05) is 33.8 Å². The van der Waals surface area contributed by atoms with E-state index in [4.69, 9.17) is 9.84 Å². The summed E-state index contributed by atoms with van der Waals surface area (Å²) in [5.41, 5.74) is 0.385. The Bertz CT molecular complexity index is 865. The molecule has 2 aromatic rings. The molecule has 0 atom stereocenters. The lowest BCUT2D eigenvalue weighted by atomic mass is 9.96. The first-order valence-electron chi connectivity index (χ1n) is 9.11. The summed E-state index contributed by atoms with van der Waals surface area (Å²) < 4.78 is 33.6. The number of carbonyl (C=O) groups is 2. The second-order valence-electron chi connectivity index (χ2n) is 7.45. The van der Waals surface area contributed by atoms with Gasteiger partial charge in [-0.2, -0.15) is 0 Å². The maximum atomic E-state index is 13.8. The van der Waals surface area contributed by atoms with Gasteiger partial charge < -0.3 is 9.84 Å². The van der Waals surface area contributed by atoms with E-state index < -0.39 is 29.0 Å². The molecule has 0 heterocycles. The third kappa shape index (κ3) is 5.15. The van der Waals surface area contributed by atoms with Crippen LogP contribution in [0.5, 0.6) is 5.75 Å². The van der Waals surface area contributed by atoms with E-state index in [2.05, 4.69) is 0 Å². The molecular formula is C22H24F2O4. The molecule has 1 N–H and O–H groups in total. The standard InChI is InChI=1S/C22H24F2O4/c1-12(2)11-28-20-8-14(5-6-16(20)13(3)4)7-19(25)15-9-17(23)21(22(26)27)18(24)10-15/h5-6,8-10,12-13H,7,11H2,1-4H3,(H,26,27). The van der Waals surface area contributed by atoms with Crippen molar-refractivity contribution in [3.05, 3.63) is 64.2 Å². The first kappa shape index (κ1) is 21.5. The monoisotopic (exact) mass is 390 g/mol. The number of carboxylic acid groups (broad SMARTS) is 1. The van der Waals surface area contributed by atoms with Crippen LogP contribution in [0.2, 0.25) is 0 Å². The van der Waals surface area contributed by atoms with E-state index in [9.17, 15) is 18.4 Å². The van der Waals surface area contributed by atoms with Crippen LogP contribution < -0.4 is 4.74 Å². The fourth-order valence-corrected chi connectivity index (χ4v) is 2.77. The molecule has 2 rings (SSSR count). The molecule has 0 radical (unpaired) electrons. The normalized spacial score (nSPS) is 11.1. The fraction of sp³-hybridized carbons (Fsp3) is 0.364. The molecule has 0 amide bonds. The number of hydrogen-bond donors (Lipinski definition) is 1. The van der Waals surface area contributed by atoms with Gasteiger partial charge in [-0.25, -0.2) is 13.6 Å². The number of benzene rings is 2. The van der Waals surface area contributed by atoms with E-state index in [1.165, 1.54) is 0 Å². The van der Waals surface area contributed by atoms with Crippen molar-refractivity contribution in [1.82, 2.24) is 0 Å². The number of Topliss-reactive ketones (excluding diaryl/α,β-unsaturated/α-hetero) is 1. The van der Waals surface area contributed by atoms with E-state index in [1.54, 1.807) is 12.1 Å². The first-order chi connectivity index (χ1) is 13.1. The van der Waals surface area contributed by atoms with Gasteiger partial charge in [0.25, 0.3) is 0 Å². The Labute approximate surface area is 163 Å². The predicted molar refractivity (Wildman–Crippen MR) is 102 cm³/mol. The highest BCUT2D eigenvalue weighted by atomic mass is 19.1. The van der Waals surface area contributed by atoms with Crippen LogP contribution in [0.4, 0.5) is 8.78 Å². The molecule has 2 aromatic carbocycles. The van der Waals surface area contributed by atoms with Gasteiger partial charge in [-0.3, -0.25) is 4.79 Å². The van der Waals surface area contributed by atoms with Crippen molar-refractivity contribution in [3.8, 4) is 5.75 Å². The number of halogens is 2. The molecule has 4 nitrogen and oxygen atoms in total. The summed E-state index contributed by atoms with van der Waals surface area (Å²) in [6, 6.07) is 6.96. The number of rotatable bonds is 8. The fourth-order valence-electron chi connectivity index (χ4n) is 2.77. The number of carbonyl (C=O) groups excluding carboxylic acids is 1. The van der Waals surface area contributed by atoms with Crippen LogP contribution in [-0.4, -0.2) is 23.5 Å². The minimum absolute atomic E-state index is 0.0816. The molecule has 0 spiro atoms. The largest absolute Gasteiger partial charge is 0.493 e. The molecular weight excluding hydrogens is 366 g/mol. The molecule has 0 aliphatic heterocycles. The van der Waals surface area contributed by atoms with Gasteiger partial charge in [0, 0.05) is 12.0 Å². The SMILES string of the molecule is CC(C)COc1cc(CC(=O)c2cc(F)c(C(=O)O)c(F)c2)ccc1C(C)C. The summed E-state index contributed by atoms with van der Waals surface area (Å²) in [7, 11) is 0. The lowest BCUT2D eigenvalue weighted by Gasteiger charge is -2.17. The van der Waals surface area contributed by atoms with Crippen molar-refractivity contribution in [3.63, 3.8) is 0 Å². The lowest BCUT2D eigenvalue weighted by Crippen LogP contribution is -2.11. The lowest BCUT2D eigenvalue weighted by molar-refractivity contribution is 0.0685. The smallest absolute Gasteiger partial charge is 0.341 e. The molecule has 0 aliphatic carbocycles. The molecule has 0 fully saturated rings.